The van der Waals surface area contributed by atoms with Crippen LogP contribution in [0.5, 0.6) is 0 Å². The maximum Gasteiger partial charge on any atom is 0.305 e. The van der Waals surface area contributed by atoms with E-state index in [9.17, 15) is 9.59 Å². The molecule has 0 aromatic heterocycles. The molecule has 8 bridgehead atoms. The van der Waals surface area contributed by atoms with E-state index in [1.807, 2.05) is 6.92 Å². The van der Waals surface area contributed by atoms with Gasteiger partial charge in [-0.25, -0.2) is 0 Å². The van der Waals surface area contributed by atoms with Gasteiger partial charge in [0.15, 0.2) is 0 Å². The number of carbonyl (C=O) groups excluding carboxylic acids is 2. The minimum atomic E-state index is -0.0810. The Labute approximate surface area is 175 Å². The van der Waals surface area contributed by atoms with Crippen LogP contribution in [-0.4, -0.2) is 24.1 Å². The molecule has 0 radical (unpaired) electrons. The minimum Gasteiger partial charge on any atom is -0.462 e. The van der Waals surface area contributed by atoms with E-state index >= 15 is 0 Å². The monoisotopic (exact) mass is 402 g/mol. The fraction of sp³-hybridized carbons (Fsp3) is 0.920. The average molecular weight is 403 g/mol. The third-order valence-corrected chi connectivity index (χ3v) is 9.14. The van der Waals surface area contributed by atoms with Gasteiger partial charge in [-0.3, -0.25) is 9.59 Å². The second-order valence-electron chi connectivity index (χ2n) is 11.2. The van der Waals surface area contributed by atoms with E-state index in [1.165, 1.54) is 64.2 Å². The minimum absolute atomic E-state index is 0.00692. The summed E-state index contributed by atoms with van der Waals surface area (Å²) >= 11 is 0. The van der Waals surface area contributed by atoms with Gasteiger partial charge >= 0.3 is 11.9 Å². The number of carbonyl (C=O) groups is 2. The quantitative estimate of drug-likeness (QED) is 0.614. The van der Waals surface area contributed by atoms with Crippen molar-refractivity contribution < 1.29 is 19.1 Å². The number of hydrogen-bond donors (Lipinski definition) is 0. The molecule has 4 heteroatoms. The van der Waals surface area contributed by atoms with Crippen LogP contribution in [0.3, 0.4) is 0 Å². The average Bonchev–Trinajstić information content (AvgIpc) is 2.66. The molecule has 0 saturated heterocycles. The fourth-order valence-corrected chi connectivity index (χ4v) is 8.56. The number of esters is 2. The van der Waals surface area contributed by atoms with Crippen LogP contribution in [-0.2, 0) is 19.1 Å². The van der Waals surface area contributed by atoms with Crippen LogP contribution >= 0.6 is 0 Å². The molecular formula is C25H38O4. The lowest BCUT2D eigenvalue weighted by Gasteiger charge is -2.53. The van der Waals surface area contributed by atoms with Crippen molar-refractivity contribution in [3.63, 3.8) is 0 Å². The first-order chi connectivity index (χ1) is 14.0. The van der Waals surface area contributed by atoms with E-state index in [0.717, 1.165) is 23.7 Å². The van der Waals surface area contributed by atoms with Gasteiger partial charge in [0.25, 0.3) is 0 Å². The molecule has 0 aromatic carbocycles. The van der Waals surface area contributed by atoms with E-state index in [0.29, 0.717) is 30.1 Å². The van der Waals surface area contributed by atoms with Crippen molar-refractivity contribution in [1.82, 2.24) is 0 Å². The lowest BCUT2D eigenvalue weighted by molar-refractivity contribution is -0.170. The largest absolute Gasteiger partial charge is 0.462 e. The van der Waals surface area contributed by atoms with Crippen molar-refractivity contribution in [3.8, 4) is 0 Å². The first-order valence-electron chi connectivity index (χ1n) is 12.3. The molecule has 0 heterocycles. The van der Waals surface area contributed by atoms with Crippen LogP contribution < -0.4 is 0 Å². The second kappa shape index (κ2) is 7.89. The summed E-state index contributed by atoms with van der Waals surface area (Å²) in [6.45, 7) is 3.43. The third-order valence-electron chi connectivity index (χ3n) is 9.14. The van der Waals surface area contributed by atoms with Crippen molar-refractivity contribution >= 4 is 11.9 Å². The molecule has 29 heavy (non-hydrogen) atoms. The summed E-state index contributed by atoms with van der Waals surface area (Å²) in [7, 11) is 0. The smallest absolute Gasteiger partial charge is 0.305 e. The zero-order valence-electron chi connectivity index (χ0n) is 18.2. The second-order valence-corrected chi connectivity index (χ2v) is 11.2. The molecule has 0 atom stereocenters. The van der Waals surface area contributed by atoms with Gasteiger partial charge in [-0.05, 0) is 112 Å². The Hall–Kier alpha value is -1.06. The van der Waals surface area contributed by atoms with Crippen molar-refractivity contribution in [2.45, 2.75) is 96.7 Å². The number of ether oxygens (including phenoxy) is 2. The van der Waals surface area contributed by atoms with Gasteiger partial charge in [-0.2, -0.15) is 0 Å². The summed E-state index contributed by atoms with van der Waals surface area (Å²) in [5.41, 5.74) is 0. The van der Waals surface area contributed by atoms with Crippen molar-refractivity contribution in [2.75, 3.05) is 0 Å². The summed E-state index contributed by atoms with van der Waals surface area (Å²) < 4.78 is 11.1. The summed E-state index contributed by atoms with van der Waals surface area (Å²) in [5.74, 6) is 6.59. The standard InChI is InChI=1S/C13H20O2.C12H18O2/c1-2-12(14)15-13-10-4-8-3-9(6-10)7-11(13)5-8;1-7(13)14-12-10-3-8-2-9(5-10)6-11(12)4-8/h8-11,13H,2-7H2,1H3;8-12H,2-6H2,1H3. The lowest BCUT2D eigenvalue weighted by atomic mass is 9.55. The van der Waals surface area contributed by atoms with Crippen molar-refractivity contribution in [3.05, 3.63) is 0 Å². The Morgan fingerprint density at radius 2 is 0.966 bits per heavy atom. The normalized spacial score (nSPS) is 48.1. The number of rotatable bonds is 3. The summed E-state index contributed by atoms with van der Waals surface area (Å²) in [6, 6.07) is 0. The first kappa shape index (κ1) is 19.9. The van der Waals surface area contributed by atoms with Crippen LogP contribution in [0.2, 0.25) is 0 Å². The topological polar surface area (TPSA) is 52.6 Å². The molecule has 0 aromatic rings. The maximum atomic E-state index is 11.4. The molecular weight excluding hydrogens is 364 g/mol. The molecule has 0 unspecified atom stereocenters. The molecule has 8 fully saturated rings. The molecule has 0 amide bonds. The first-order valence-corrected chi connectivity index (χ1v) is 12.3. The van der Waals surface area contributed by atoms with Crippen LogP contribution in [0, 0.1) is 47.3 Å². The van der Waals surface area contributed by atoms with E-state index < -0.39 is 0 Å². The van der Waals surface area contributed by atoms with E-state index in [4.69, 9.17) is 9.47 Å². The zero-order chi connectivity index (χ0) is 20.1. The summed E-state index contributed by atoms with van der Waals surface area (Å²) in [4.78, 5) is 22.4. The predicted molar refractivity (Wildman–Crippen MR) is 110 cm³/mol. The lowest BCUT2D eigenvalue weighted by Crippen LogP contribution is -2.49. The van der Waals surface area contributed by atoms with Crippen molar-refractivity contribution in [2.24, 2.45) is 47.3 Å². The highest BCUT2D eigenvalue weighted by Gasteiger charge is 2.50. The molecule has 162 valence electrons. The highest BCUT2D eigenvalue weighted by atomic mass is 16.5. The van der Waals surface area contributed by atoms with Crippen LogP contribution in [0.25, 0.3) is 0 Å². The van der Waals surface area contributed by atoms with Gasteiger partial charge in [0.2, 0.25) is 0 Å². The Kier molecular flexibility index (Phi) is 5.41. The molecule has 8 rings (SSSR count). The SMILES string of the molecule is CC(=O)OC1C2CC3CC(C2)CC1C3.CCC(=O)OC1C2CC3CC(C2)CC1C3. The van der Waals surface area contributed by atoms with E-state index in [-0.39, 0.29) is 24.1 Å². The van der Waals surface area contributed by atoms with Gasteiger partial charge < -0.3 is 9.47 Å². The van der Waals surface area contributed by atoms with Crippen LogP contribution in [0.15, 0.2) is 0 Å². The summed E-state index contributed by atoms with van der Waals surface area (Å²) in [5, 5.41) is 0. The van der Waals surface area contributed by atoms with Crippen LogP contribution in [0.4, 0.5) is 0 Å². The Balaban J connectivity index is 0.000000125. The van der Waals surface area contributed by atoms with Crippen molar-refractivity contribution in [1.29, 1.82) is 0 Å². The molecule has 0 N–H and O–H groups in total. The highest BCUT2D eigenvalue weighted by molar-refractivity contribution is 5.69. The van der Waals surface area contributed by atoms with Gasteiger partial charge in [0.1, 0.15) is 12.2 Å². The maximum absolute atomic E-state index is 11.4. The van der Waals surface area contributed by atoms with Gasteiger partial charge in [-0.1, -0.05) is 6.92 Å². The Morgan fingerprint density at radius 1 is 0.621 bits per heavy atom. The molecule has 8 saturated carbocycles. The van der Waals surface area contributed by atoms with E-state index in [1.54, 1.807) is 6.92 Å². The summed E-state index contributed by atoms with van der Waals surface area (Å²) in [6.07, 6.45) is 14.6. The zero-order valence-corrected chi connectivity index (χ0v) is 18.2. The molecule has 0 spiro atoms. The third kappa shape index (κ3) is 3.97. The van der Waals surface area contributed by atoms with Gasteiger partial charge in [0, 0.05) is 13.3 Å². The fourth-order valence-electron chi connectivity index (χ4n) is 8.56. The van der Waals surface area contributed by atoms with Gasteiger partial charge in [0.05, 0.1) is 0 Å². The Bertz CT molecular complexity index is 585. The predicted octanol–water partition coefficient (Wildman–Crippen LogP) is 5.14. The molecule has 0 aliphatic heterocycles. The highest BCUT2D eigenvalue weighted by Crippen LogP contribution is 2.55. The van der Waals surface area contributed by atoms with Gasteiger partial charge in [-0.15, -0.1) is 0 Å². The van der Waals surface area contributed by atoms with E-state index in [2.05, 4.69) is 0 Å². The van der Waals surface area contributed by atoms with Crippen LogP contribution in [0.1, 0.15) is 84.5 Å². The molecule has 8 aliphatic rings. The number of hydrogen-bond acceptors (Lipinski definition) is 4. The molecule has 4 nitrogen and oxygen atoms in total. The Morgan fingerprint density at radius 3 is 1.28 bits per heavy atom. The molecule has 8 aliphatic carbocycles.